The fourth-order valence-corrected chi connectivity index (χ4v) is 2.60. The Kier molecular flexibility index (Phi) is 3.26. The van der Waals surface area contributed by atoms with Gasteiger partial charge < -0.3 is 5.32 Å². The van der Waals surface area contributed by atoms with Gasteiger partial charge in [0.1, 0.15) is 5.82 Å². The number of pyridine rings is 2. The third-order valence-electron chi connectivity index (χ3n) is 3.74. The van der Waals surface area contributed by atoms with Crippen LogP contribution in [0.15, 0.2) is 48.9 Å². The molecule has 0 aliphatic rings. The van der Waals surface area contributed by atoms with Gasteiger partial charge in [0, 0.05) is 42.8 Å². The Morgan fingerprint density at radius 2 is 1.92 bits per heavy atom. The van der Waals surface area contributed by atoms with Gasteiger partial charge >= 0.3 is 0 Å². The summed E-state index contributed by atoms with van der Waals surface area (Å²) in [5, 5.41) is 11.9. The van der Waals surface area contributed by atoms with E-state index in [2.05, 4.69) is 20.5 Å². The van der Waals surface area contributed by atoms with Gasteiger partial charge in [0.05, 0.1) is 11.7 Å². The molecule has 0 saturated heterocycles. The second-order valence-corrected chi connectivity index (χ2v) is 5.62. The maximum atomic E-state index is 14.0. The van der Waals surface area contributed by atoms with Gasteiger partial charge in [0.15, 0.2) is 11.6 Å². The molecule has 4 aromatic heterocycles. The van der Waals surface area contributed by atoms with Crippen LogP contribution in [0.3, 0.4) is 0 Å². The SMILES string of the molecule is Cc1cc(-c2ccn3nc(Nc4ccn(C)n4)cc3c2)c(F)cn1. The predicted molar refractivity (Wildman–Crippen MR) is 89.6 cm³/mol. The molecule has 0 bridgehead atoms. The lowest BCUT2D eigenvalue weighted by molar-refractivity contribution is 0.624. The van der Waals surface area contributed by atoms with E-state index in [9.17, 15) is 4.39 Å². The van der Waals surface area contributed by atoms with Crippen molar-refractivity contribution in [2.75, 3.05) is 5.32 Å². The average Bonchev–Trinajstić information content (AvgIpc) is 3.14. The summed E-state index contributed by atoms with van der Waals surface area (Å²) in [6, 6.07) is 9.23. The molecule has 0 atom stereocenters. The van der Waals surface area contributed by atoms with Crippen molar-refractivity contribution >= 4 is 17.2 Å². The third-order valence-corrected chi connectivity index (χ3v) is 3.74. The smallest absolute Gasteiger partial charge is 0.154 e. The summed E-state index contributed by atoms with van der Waals surface area (Å²) < 4.78 is 17.5. The van der Waals surface area contributed by atoms with Gasteiger partial charge in [0.25, 0.3) is 0 Å². The van der Waals surface area contributed by atoms with E-state index in [4.69, 9.17) is 0 Å². The van der Waals surface area contributed by atoms with Crippen molar-refractivity contribution in [3.05, 3.63) is 60.4 Å². The number of halogens is 1. The Hall–Kier alpha value is -3.22. The number of hydrogen-bond acceptors (Lipinski definition) is 4. The Morgan fingerprint density at radius 1 is 1.04 bits per heavy atom. The lowest BCUT2D eigenvalue weighted by Crippen LogP contribution is -1.95. The molecule has 1 N–H and O–H groups in total. The third kappa shape index (κ3) is 2.60. The summed E-state index contributed by atoms with van der Waals surface area (Å²) in [4.78, 5) is 3.97. The molecule has 4 aromatic rings. The number of nitrogens with zero attached hydrogens (tertiary/aromatic N) is 5. The largest absolute Gasteiger partial charge is 0.322 e. The van der Waals surface area contributed by atoms with Crippen molar-refractivity contribution in [2.24, 2.45) is 7.05 Å². The maximum absolute atomic E-state index is 14.0. The molecular formula is C17H15FN6. The highest BCUT2D eigenvalue weighted by Gasteiger charge is 2.09. The zero-order chi connectivity index (χ0) is 16.7. The minimum atomic E-state index is -0.337. The summed E-state index contributed by atoms with van der Waals surface area (Å²) in [6.07, 6.45) is 4.91. The van der Waals surface area contributed by atoms with Gasteiger partial charge in [-0.05, 0) is 30.7 Å². The molecule has 4 heterocycles. The molecule has 24 heavy (non-hydrogen) atoms. The molecule has 6 nitrogen and oxygen atoms in total. The number of aryl methyl sites for hydroxylation is 2. The van der Waals surface area contributed by atoms with E-state index >= 15 is 0 Å². The van der Waals surface area contributed by atoms with Crippen LogP contribution in [-0.4, -0.2) is 24.4 Å². The molecule has 0 saturated carbocycles. The van der Waals surface area contributed by atoms with E-state index in [1.165, 1.54) is 6.20 Å². The predicted octanol–water partition coefficient (Wildman–Crippen LogP) is 3.32. The summed E-state index contributed by atoms with van der Waals surface area (Å²) in [5.74, 6) is 1.06. The monoisotopic (exact) mass is 322 g/mol. The number of anilines is 2. The first-order valence-corrected chi connectivity index (χ1v) is 7.47. The highest BCUT2D eigenvalue weighted by Crippen LogP contribution is 2.25. The Labute approximate surface area is 137 Å². The minimum Gasteiger partial charge on any atom is -0.322 e. The van der Waals surface area contributed by atoms with Gasteiger partial charge in [-0.25, -0.2) is 8.91 Å². The van der Waals surface area contributed by atoms with Crippen LogP contribution in [0.4, 0.5) is 16.0 Å². The summed E-state index contributed by atoms with van der Waals surface area (Å²) in [7, 11) is 1.85. The van der Waals surface area contributed by atoms with Crippen LogP contribution in [0.1, 0.15) is 5.69 Å². The van der Waals surface area contributed by atoms with Crippen molar-refractivity contribution < 1.29 is 4.39 Å². The van der Waals surface area contributed by atoms with Crippen LogP contribution in [0, 0.1) is 12.7 Å². The zero-order valence-corrected chi connectivity index (χ0v) is 13.2. The number of hydrogen-bond donors (Lipinski definition) is 1. The van der Waals surface area contributed by atoms with Crippen LogP contribution >= 0.6 is 0 Å². The first-order chi connectivity index (χ1) is 11.6. The van der Waals surface area contributed by atoms with Crippen molar-refractivity contribution in [2.45, 2.75) is 6.92 Å². The van der Waals surface area contributed by atoms with E-state index in [0.717, 1.165) is 22.6 Å². The van der Waals surface area contributed by atoms with Crippen LogP contribution in [0.25, 0.3) is 16.6 Å². The first-order valence-electron chi connectivity index (χ1n) is 7.47. The lowest BCUT2D eigenvalue weighted by atomic mass is 10.1. The number of aromatic nitrogens is 5. The molecule has 0 radical (unpaired) electrons. The summed E-state index contributed by atoms with van der Waals surface area (Å²) >= 11 is 0. The lowest BCUT2D eigenvalue weighted by Gasteiger charge is -2.04. The molecule has 0 spiro atoms. The molecule has 0 aliphatic heterocycles. The zero-order valence-electron chi connectivity index (χ0n) is 13.2. The average molecular weight is 322 g/mol. The molecule has 7 heteroatoms. The summed E-state index contributed by atoms with van der Waals surface area (Å²) in [5.41, 5.74) is 2.96. The minimum absolute atomic E-state index is 0.337. The van der Waals surface area contributed by atoms with Crippen LogP contribution in [-0.2, 0) is 7.05 Å². The summed E-state index contributed by atoms with van der Waals surface area (Å²) in [6.45, 7) is 1.84. The van der Waals surface area contributed by atoms with Gasteiger partial charge in [-0.2, -0.15) is 10.2 Å². The number of fused-ring (bicyclic) bond motifs is 1. The molecule has 0 aliphatic carbocycles. The Balaban J connectivity index is 1.72. The standard InChI is InChI=1S/C17H15FN6/c1-11-7-14(15(18)10-19-11)12-3-6-24-13(8-12)9-17(22-24)20-16-4-5-23(2)21-16/h3-10H,1-2H3,(H,20,21,22). The van der Waals surface area contributed by atoms with Crippen LogP contribution < -0.4 is 5.32 Å². The number of rotatable bonds is 3. The van der Waals surface area contributed by atoms with Crippen LogP contribution in [0.5, 0.6) is 0 Å². The van der Waals surface area contributed by atoms with Gasteiger partial charge in [0.2, 0.25) is 0 Å². The molecule has 0 unspecified atom stereocenters. The fourth-order valence-electron chi connectivity index (χ4n) is 2.60. The van der Waals surface area contributed by atoms with Crippen molar-refractivity contribution in [1.82, 2.24) is 24.4 Å². The van der Waals surface area contributed by atoms with Crippen molar-refractivity contribution in [3.8, 4) is 11.1 Å². The molecular weight excluding hydrogens is 307 g/mol. The Morgan fingerprint density at radius 3 is 2.71 bits per heavy atom. The number of nitrogens with one attached hydrogen (secondary N) is 1. The first kappa shape index (κ1) is 14.4. The van der Waals surface area contributed by atoms with Crippen LogP contribution in [0.2, 0.25) is 0 Å². The molecule has 0 fully saturated rings. The highest BCUT2D eigenvalue weighted by atomic mass is 19.1. The molecule has 0 amide bonds. The van der Waals surface area contributed by atoms with Gasteiger partial charge in [-0.3, -0.25) is 9.67 Å². The van der Waals surface area contributed by atoms with E-state index in [-0.39, 0.29) is 5.82 Å². The van der Waals surface area contributed by atoms with E-state index in [1.807, 2.05) is 50.6 Å². The fraction of sp³-hybridized carbons (Fsp3) is 0.118. The van der Waals surface area contributed by atoms with E-state index in [1.54, 1.807) is 15.3 Å². The van der Waals surface area contributed by atoms with Gasteiger partial charge in [-0.15, -0.1) is 0 Å². The second kappa shape index (κ2) is 5.45. The Bertz CT molecular complexity index is 1030. The quantitative estimate of drug-likeness (QED) is 0.628. The maximum Gasteiger partial charge on any atom is 0.154 e. The van der Waals surface area contributed by atoms with E-state index in [0.29, 0.717) is 11.4 Å². The van der Waals surface area contributed by atoms with Crippen molar-refractivity contribution in [1.29, 1.82) is 0 Å². The molecule has 0 aromatic carbocycles. The second-order valence-electron chi connectivity index (χ2n) is 5.62. The van der Waals surface area contributed by atoms with Crippen molar-refractivity contribution in [3.63, 3.8) is 0 Å². The molecule has 120 valence electrons. The molecule has 4 rings (SSSR count). The highest BCUT2D eigenvalue weighted by molar-refractivity contribution is 5.71. The normalized spacial score (nSPS) is 11.1. The van der Waals surface area contributed by atoms with E-state index < -0.39 is 0 Å². The topological polar surface area (TPSA) is 60.0 Å². The van der Waals surface area contributed by atoms with Gasteiger partial charge in [-0.1, -0.05) is 0 Å².